The standard InChI is InChI=1S/C30H24N2O3S/c1-20-16-17-21(2)25(18-20)32-29(33)28(22-10-4-3-5-11-22)35-30(34)24-13-7-9-15-27(24)36-26-14-8-6-12-23(26)19-31/h3-18,28H,1-2H3,(H,32,33)/t28-/m1/s1. The quantitative estimate of drug-likeness (QED) is 0.285. The minimum absolute atomic E-state index is 0.315. The molecule has 5 nitrogen and oxygen atoms in total. The maximum atomic E-state index is 13.4. The lowest BCUT2D eigenvalue weighted by molar-refractivity contribution is -0.125. The summed E-state index contributed by atoms with van der Waals surface area (Å²) in [5, 5.41) is 12.4. The van der Waals surface area contributed by atoms with Crippen molar-refractivity contribution in [1.82, 2.24) is 0 Å². The van der Waals surface area contributed by atoms with Crippen molar-refractivity contribution >= 4 is 29.3 Å². The zero-order chi connectivity index (χ0) is 25.5. The Labute approximate surface area is 214 Å². The van der Waals surface area contributed by atoms with Gasteiger partial charge < -0.3 is 10.1 Å². The molecule has 4 aromatic carbocycles. The smallest absolute Gasteiger partial charge is 0.340 e. The SMILES string of the molecule is Cc1ccc(C)c(NC(=O)[C@H](OC(=O)c2ccccc2Sc2ccccc2C#N)c2ccccc2)c1. The molecule has 0 saturated carbocycles. The fourth-order valence-corrected chi connectivity index (χ4v) is 4.65. The molecular formula is C30H24N2O3S. The molecule has 0 radical (unpaired) electrons. The minimum atomic E-state index is -1.15. The molecule has 0 saturated heterocycles. The van der Waals surface area contributed by atoms with Gasteiger partial charge in [0.2, 0.25) is 6.10 Å². The summed E-state index contributed by atoms with van der Waals surface area (Å²) >= 11 is 1.31. The molecule has 0 aromatic heterocycles. The summed E-state index contributed by atoms with van der Waals surface area (Å²) in [4.78, 5) is 28.1. The number of carbonyl (C=O) groups excluding carboxylic acids is 2. The molecule has 0 aliphatic carbocycles. The Morgan fingerprint density at radius 2 is 1.53 bits per heavy atom. The van der Waals surface area contributed by atoms with Crippen LogP contribution in [0.15, 0.2) is 107 Å². The summed E-state index contributed by atoms with van der Waals surface area (Å²) in [6.07, 6.45) is -1.15. The number of benzene rings is 4. The maximum absolute atomic E-state index is 13.4. The lowest BCUT2D eigenvalue weighted by atomic mass is 10.1. The van der Waals surface area contributed by atoms with E-state index in [2.05, 4.69) is 11.4 Å². The first-order valence-corrected chi connectivity index (χ1v) is 12.2. The molecule has 6 heteroatoms. The van der Waals surface area contributed by atoms with Gasteiger partial charge in [-0.3, -0.25) is 4.79 Å². The maximum Gasteiger partial charge on any atom is 0.340 e. The summed E-state index contributed by atoms with van der Waals surface area (Å²) in [6, 6.07) is 31.1. The van der Waals surface area contributed by atoms with Crippen molar-refractivity contribution in [3.8, 4) is 6.07 Å². The number of rotatable bonds is 7. The number of esters is 1. The highest BCUT2D eigenvalue weighted by Gasteiger charge is 2.27. The van der Waals surface area contributed by atoms with Crippen LogP contribution in [0, 0.1) is 25.2 Å². The van der Waals surface area contributed by atoms with Crippen LogP contribution >= 0.6 is 11.8 Å². The molecule has 0 bridgehead atoms. The number of hydrogen-bond donors (Lipinski definition) is 1. The third kappa shape index (κ3) is 5.83. The number of hydrogen-bond acceptors (Lipinski definition) is 5. The summed E-state index contributed by atoms with van der Waals surface area (Å²) in [5.41, 5.74) is 3.98. The summed E-state index contributed by atoms with van der Waals surface area (Å²) in [5.74, 6) is -1.07. The van der Waals surface area contributed by atoms with Crippen molar-refractivity contribution in [2.24, 2.45) is 0 Å². The number of carbonyl (C=O) groups is 2. The van der Waals surface area contributed by atoms with E-state index in [1.54, 1.807) is 54.6 Å². The predicted molar refractivity (Wildman–Crippen MR) is 141 cm³/mol. The topological polar surface area (TPSA) is 79.2 Å². The van der Waals surface area contributed by atoms with E-state index in [0.717, 1.165) is 16.0 Å². The first-order valence-electron chi connectivity index (χ1n) is 11.4. The largest absolute Gasteiger partial charge is 0.444 e. The second-order valence-corrected chi connectivity index (χ2v) is 9.29. The highest BCUT2D eigenvalue weighted by molar-refractivity contribution is 7.99. The van der Waals surface area contributed by atoms with Gasteiger partial charge in [0.25, 0.3) is 5.91 Å². The molecule has 178 valence electrons. The molecule has 36 heavy (non-hydrogen) atoms. The van der Waals surface area contributed by atoms with E-state index in [0.29, 0.717) is 27.3 Å². The number of aryl methyl sites for hydroxylation is 2. The lowest BCUT2D eigenvalue weighted by Crippen LogP contribution is -2.26. The second kappa shape index (κ2) is 11.4. The molecule has 0 heterocycles. The molecule has 1 amide bonds. The first-order chi connectivity index (χ1) is 17.5. The average molecular weight is 493 g/mol. The van der Waals surface area contributed by atoms with Crippen molar-refractivity contribution in [3.63, 3.8) is 0 Å². The van der Waals surface area contributed by atoms with Gasteiger partial charge in [0, 0.05) is 21.0 Å². The fourth-order valence-electron chi connectivity index (χ4n) is 3.63. The van der Waals surface area contributed by atoms with Crippen LogP contribution in [0.25, 0.3) is 0 Å². The van der Waals surface area contributed by atoms with Crippen molar-refractivity contribution < 1.29 is 14.3 Å². The Kier molecular flexibility index (Phi) is 7.84. The van der Waals surface area contributed by atoms with Gasteiger partial charge in [0.1, 0.15) is 6.07 Å². The zero-order valence-corrected chi connectivity index (χ0v) is 20.7. The second-order valence-electron chi connectivity index (χ2n) is 8.21. The van der Waals surface area contributed by atoms with Crippen LogP contribution in [0.1, 0.15) is 38.7 Å². The van der Waals surface area contributed by atoms with Crippen LogP contribution in [-0.4, -0.2) is 11.9 Å². The number of nitrogens with zero attached hydrogens (tertiary/aromatic N) is 1. The van der Waals surface area contributed by atoms with Gasteiger partial charge in [0.15, 0.2) is 0 Å². The van der Waals surface area contributed by atoms with Gasteiger partial charge in [-0.05, 0) is 55.3 Å². The average Bonchev–Trinajstić information content (AvgIpc) is 2.90. The van der Waals surface area contributed by atoms with Crippen LogP contribution in [0.4, 0.5) is 5.69 Å². The van der Waals surface area contributed by atoms with Crippen LogP contribution < -0.4 is 5.32 Å². The van der Waals surface area contributed by atoms with E-state index in [1.165, 1.54) is 11.8 Å². The Hall–Kier alpha value is -4.34. The molecule has 0 unspecified atom stereocenters. The van der Waals surface area contributed by atoms with E-state index in [-0.39, 0.29) is 0 Å². The van der Waals surface area contributed by atoms with Crippen molar-refractivity contribution in [3.05, 3.63) is 125 Å². The number of amides is 1. The molecule has 1 atom stereocenters. The molecular weight excluding hydrogens is 468 g/mol. The zero-order valence-electron chi connectivity index (χ0n) is 19.9. The monoisotopic (exact) mass is 492 g/mol. The molecule has 0 fully saturated rings. The Morgan fingerprint density at radius 1 is 0.861 bits per heavy atom. The van der Waals surface area contributed by atoms with Crippen LogP contribution in [0.3, 0.4) is 0 Å². The van der Waals surface area contributed by atoms with E-state index in [4.69, 9.17) is 4.74 Å². The number of nitrogens with one attached hydrogen (secondary N) is 1. The highest BCUT2D eigenvalue weighted by Crippen LogP contribution is 2.34. The normalized spacial score (nSPS) is 11.2. The number of nitriles is 1. The van der Waals surface area contributed by atoms with E-state index in [1.807, 2.05) is 56.3 Å². The Bertz CT molecular complexity index is 1440. The van der Waals surface area contributed by atoms with Crippen molar-refractivity contribution in [1.29, 1.82) is 5.26 Å². The number of ether oxygens (including phenoxy) is 1. The molecule has 0 aliphatic rings. The summed E-state index contributed by atoms with van der Waals surface area (Å²) in [7, 11) is 0. The Morgan fingerprint density at radius 3 is 2.28 bits per heavy atom. The van der Waals surface area contributed by atoms with E-state index < -0.39 is 18.0 Å². The first kappa shape index (κ1) is 24.8. The van der Waals surface area contributed by atoms with Gasteiger partial charge in [0.05, 0.1) is 11.1 Å². The van der Waals surface area contributed by atoms with Crippen molar-refractivity contribution in [2.75, 3.05) is 5.32 Å². The minimum Gasteiger partial charge on any atom is -0.444 e. The van der Waals surface area contributed by atoms with Crippen molar-refractivity contribution in [2.45, 2.75) is 29.7 Å². The Balaban J connectivity index is 1.63. The van der Waals surface area contributed by atoms with Gasteiger partial charge >= 0.3 is 5.97 Å². The number of anilines is 1. The molecule has 1 N–H and O–H groups in total. The van der Waals surface area contributed by atoms with E-state index >= 15 is 0 Å². The van der Waals surface area contributed by atoms with Gasteiger partial charge in [-0.25, -0.2) is 4.79 Å². The molecule has 4 rings (SSSR count). The molecule has 0 aliphatic heterocycles. The predicted octanol–water partition coefficient (Wildman–Crippen LogP) is 6.86. The van der Waals surface area contributed by atoms with Gasteiger partial charge in [-0.15, -0.1) is 0 Å². The summed E-state index contributed by atoms with van der Waals surface area (Å²) < 4.78 is 5.83. The van der Waals surface area contributed by atoms with Gasteiger partial charge in [-0.2, -0.15) is 5.26 Å². The summed E-state index contributed by atoms with van der Waals surface area (Å²) in [6.45, 7) is 3.86. The third-order valence-electron chi connectivity index (χ3n) is 5.55. The van der Waals surface area contributed by atoms with Crippen LogP contribution in [0.5, 0.6) is 0 Å². The highest BCUT2D eigenvalue weighted by atomic mass is 32.2. The lowest BCUT2D eigenvalue weighted by Gasteiger charge is -2.20. The molecule has 0 spiro atoms. The third-order valence-corrected chi connectivity index (χ3v) is 6.70. The fraction of sp³-hybridized carbons (Fsp3) is 0.100. The van der Waals surface area contributed by atoms with Gasteiger partial charge in [-0.1, -0.05) is 78.5 Å². The molecule has 4 aromatic rings. The van der Waals surface area contributed by atoms with Crippen LogP contribution in [0.2, 0.25) is 0 Å². The van der Waals surface area contributed by atoms with E-state index in [9.17, 15) is 14.9 Å². The van der Waals surface area contributed by atoms with Crippen LogP contribution in [-0.2, 0) is 9.53 Å².